The van der Waals surface area contributed by atoms with Crippen LogP contribution in [-0.2, 0) is 4.79 Å². The summed E-state index contributed by atoms with van der Waals surface area (Å²) in [7, 11) is 0. The Morgan fingerprint density at radius 3 is 2.69 bits per heavy atom. The summed E-state index contributed by atoms with van der Waals surface area (Å²) in [6.45, 7) is 1.63. The van der Waals surface area contributed by atoms with Crippen molar-refractivity contribution in [3.05, 3.63) is 65.3 Å². The second-order valence-corrected chi connectivity index (χ2v) is 7.40. The first-order valence-corrected chi connectivity index (χ1v) is 9.83. The first-order chi connectivity index (χ1) is 14.1. The van der Waals surface area contributed by atoms with Crippen LogP contribution in [0.25, 0.3) is 22.2 Å². The molecule has 0 bridgehead atoms. The zero-order chi connectivity index (χ0) is 20.2. The van der Waals surface area contributed by atoms with Crippen LogP contribution >= 0.6 is 22.9 Å². The molecule has 2 aromatic carbocycles. The molecule has 0 aliphatic carbocycles. The lowest BCUT2D eigenvalue weighted by atomic mass is 10.2. The van der Waals surface area contributed by atoms with Gasteiger partial charge in [0, 0.05) is 5.56 Å². The second kappa shape index (κ2) is 8.42. The number of halogens is 1. The molecule has 146 valence electrons. The topological polar surface area (TPSA) is 90.1 Å². The summed E-state index contributed by atoms with van der Waals surface area (Å²) in [4.78, 5) is 21.7. The first kappa shape index (κ1) is 19.1. The molecular formula is C20H15ClN4O3S. The summed E-state index contributed by atoms with van der Waals surface area (Å²) in [5, 5.41) is 7.59. The maximum Gasteiger partial charge on any atom is 0.270 e. The summed E-state index contributed by atoms with van der Waals surface area (Å²) in [5.41, 5.74) is 1.54. The van der Waals surface area contributed by atoms with Gasteiger partial charge < -0.3 is 9.26 Å². The molecule has 0 fully saturated rings. The summed E-state index contributed by atoms with van der Waals surface area (Å²) in [6.07, 6.45) is 0. The van der Waals surface area contributed by atoms with Gasteiger partial charge in [-0.15, -0.1) is 0 Å². The van der Waals surface area contributed by atoms with Crippen LogP contribution in [0, 0.1) is 6.92 Å². The fourth-order valence-corrected chi connectivity index (χ4v) is 3.62. The van der Waals surface area contributed by atoms with Crippen molar-refractivity contribution in [3.63, 3.8) is 0 Å². The van der Waals surface area contributed by atoms with Crippen LogP contribution < -0.4 is 10.1 Å². The van der Waals surface area contributed by atoms with Gasteiger partial charge in [-0.3, -0.25) is 10.1 Å². The van der Waals surface area contributed by atoms with E-state index in [0.717, 1.165) is 5.56 Å². The zero-order valence-electron chi connectivity index (χ0n) is 15.3. The molecule has 4 aromatic rings. The van der Waals surface area contributed by atoms with Gasteiger partial charge >= 0.3 is 0 Å². The Bertz CT molecular complexity index is 1140. The molecule has 7 nitrogen and oxygen atoms in total. The van der Waals surface area contributed by atoms with Crippen LogP contribution in [-0.4, -0.2) is 27.6 Å². The lowest BCUT2D eigenvalue weighted by Crippen LogP contribution is -2.20. The van der Waals surface area contributed by atoms with Gasteiger partial charge in [0.1, 0.15) is 10.6 Å². The minimum Gasteiger partial charge on any atom is -0.482 e. The van der Waals surface area contributed by atoms with E-state index in [0.29, 0.717) is 38.2 Å². The van der Waals surface area contributed by atoms with E-state index >= 15 is 0 Å². The average Bonchev–Trinajstić information content (AvgIpc) is 3.35. The minimum atomic E-state index is -0.347. The Morgan fingerprint density at radius 2 is 1.90 bits per heavy atom. The molecule has 0 saturated heterocycles. The number of hydrogen-bond acceptors (Lipinski definition) is 7. The summed E-state index contributed by atoms with van der Waals surface area (Å²) >= 11 is 7.27. The number of anilines is 1. The maximum atomic E-state index is 12.2. The summed E-state index contributed by atoms with van der Waals surface area (Å²) in [6, 6.07) is 16.5. The fraction of sp³-hybridized carbons (Fsp3) is 0.100. The molecule has 1 N–H and O–H groups in total. The van der Waals surface area contributed by atoms with Crippen LogP contribution in [0.3, 0.4) is 0 Å². The van der Waals surface area contributed by atoms with Gasteiger partial charge in [-0.25, -0.2) is 4.98 Å². The van der Waals surface area contributed by atoms with E-state index in [1.54, 1.807) is 24.3 Å². The number of nitrogens with zero attached hydrogens (tertiary/aromatic N) is 3. The van der Waals surface area contributed by atoms with Crippen molar-refractivity contribution in [1.82, 2.24) is 15.1 Å². The van der Waals surface area contributed by atoms with Crippen molar-refractivity contribution in [2.75, 3.05) is 11.9 Å². The zero-order valence-corrected chi connectivity index (χ0v) is 16.8. The van der Waals surface area contributed by atoms with Crippen LogP contribution in [0.1, 0.15) is 5.69 Å². The van der Waals surface area contributed by atoms with Crippen molar-refractivity contribution < 1.29 is 14.1 Å². The highest BCUT2D eigenvalue weighted by Gasteiger charge is 2.18. The number of carbonyl (C=O) groups excluding carboxylic acids is 1. The van der Waals surface area contributed by atoms with Crippen LogP contribution in [0.4, 0.5) is 5.13 Å². The Kier molecular flexibility index (Phi) is 5.55. The summed E-state index contributed by atoms with van der Waals surface area (Å²) < 4.78 is 10.8. The summed E-state index contributed by atoms with van der Waals surface area (Å²) in [5.74, 6) is 0.944. The van der Waals surface area contributed by atoms with Gasteiger partial charge in [0.15, 0.2) is 11.7 Å². The number of ether oxygens (including phenoxy) is 1. The number of para-hydroxylation sites is 1. The monoisotopic (exact) mass is 426 g/mol. The number of benzene rings is 2. The third kappa shape index (κ3) is 4.44. The van der Waals surface area contributed by atoms with E-state index in [1.807, 2.05) is 37.3 Å². The van der Waals surface area contributed by atoms with Crippen molar-refractivity contribution in [2.24, 2.45) is 0 Å². The van der Waals surface area contributed by atoms with E-state index < -0.39 is 0 Å². The fourth-order valence-electron chi connectivity index (χ4n) is 2.53. The van der Waals surface area contributed by atoms with E-state index in [-0.39, 0.29) is 12.5 Å². The van der Waals surface area contributed by atoms with Gasteiger partial charge in [0.05, 0.1) is 10.7 Å². The lowest BCUT2D eigenvalue weighted by molar-refractivity contribution is -0.118. The minimum absolute atomic E-state index is 0.184. The number of aryl methyl sites for hydroxylation is 1. The Balaban J connectivity index is 1.44. The molecule has 1 amide bonds. The molecule has 0 saturated carbocycles. The van der Waals surface area contributed by atoms with Gasteiger partial charge in [-0.2, -0.15) is 4.98 Å². The number of hydrogen-bond donors (Lipinski definition) is 1. The number of rotatable bonds is 6. The number of aromatic nitrogens is 3. The first-order valence-electron chi connectivity index (χ1n) is 8.64. The quantitative estimate of drug-likeness (QED) is 0.474. The number of carbonyl (C=O) groups is 1. The maximum absolute atomic E-state index is 12.2. The van der Waals surface area contributed by atoms with Crippen molar-refractivity contribution in [2.45, 2.75) is 6.92 Å². The predicted octanol–water partition coefficient (Wildman–Crippen LogP) is 4.84. The second-order valence-electron chi connectivity index (χ2n) is 5.99. The van der Waals surface area contributed by atoms with Crippen LogP contribution in [0.2, 0.25) is 5.02 Å². The third-order valence-corrected chi connectivity index (χ3v) is 5.26. The molecule has 0 aliphatic rings. The smallest absolute Gasteiger partial charge is 0.270 e. The standard InChI is InChI=1S/C20H15ClN4O3S/c1-12-17(19-24-18(25-28-19)13-7-3-2-4-8-13)29-20(22-12)23-16(26)11-27-15-10-6-5-9-14(15)21/h2-10H,11H2,1H3,(H,22,23,26). The van der Waals surface area contributed by atoms with E-state index in [9.17, 15) is 4.79 Å². The third-order valence-electron chi connectivity index (χ3n) is 3.89. The van der Waals surface area contributed by atoms with E-state index in [1.165, 1.54) is 11.3 Å². The van der Waals surface area contributed by atoms with Crippen molar-refractivity contribution in [3.8, 4) is 27.9 Å². The van der Waals surface area contributed by atoms with Crippen LogP contribution in [0.5, 0.6) is 5.75 Å². The highest BCUT2D eigenvalue weighted by atomic mass is 35.5. The molecule has 2 heterocycles. The van der Waals surface area contributed by atoms with Gasteiger partial charge in [-0.1, -0.05) is 70.6 Å². The molecule has 29 heavy (non-hydrogen) atoms. The molecule has 0 aliphatic heterocycles. The van der Waals surface area contributed by atoms with Gasteiger partial charge in [0.2, 0.25) is 5.82 Å². The normalized spacial score (nSPS) is 10.7. The molecule has 9 heteroatoms. The lowest BCUT2D eigenvalue weighted by Gasteiger charge is -2.06. The van der Waals surface area contributed by atoms with Gasteiger partial charge in [-0.05, 0) is 19.1 Å². The molecule has 4 rings (SSSR count). The Labute approximate surface area is 175 Å². The number of thiazole rings is 1. The Hall–Kier alpha value is -3.23. The van der Waals surface area contributed by atoms with Crippen LogP contribution in [0.15, 0.2) is 59.1 Å². The van der Waals surface area contributed by atoms with Gasteiger partial charge in [0.25, 0.3) is 11.8 Å². The largest absolute Gasteiger partial charge is 0.482 e. The Morgan fingerprint density at radius 1 is 1.14 bits per heavy atom. The van der Waals surface area contributed by atoms with Crippen molar-refractivity contribution >= 4 is 34.0 Å². The highest BCUT2D eigenvalue weighted by Crippen LogP contribution is 2.32. The SMILES string of the molecule is Cc1nc(NC(=O)COc2ccccc2Cl)sc1-c1nc(-c2ccccc2)no1. The van der Waals surface area contributed by atoms with E-state index in [2.05, 4.69) is 20.4 Å². The molecule has 2 aromatic heterocycles. The molecule has 0 atom stereocenters. The average molecular weight is 427 g/mol. The van der Waals surface area contributed by atoms with Crippen molar-refractivity contribution in [1.29, 1.82) is 0 Å². The number of nitrogens with one attached hydrogen (secondary N) is 1. The highest BCUT2D eigenvalue weighted by molar-refractivity contribution is 7.19. The predicted molar refractivity (Wildman–Crippen MR) is 111 cm³/mol. The molecule has 0 radical (unpaired) electrons. The molecule has 0 unspecified atom stereocenters. The van der Waals surface area contributed by atoms with E-state index in [4.69, 9.17) is 20.9 Å². The molecule has 0 spiro atoms. The number of amides is 1. The molecular weight excluding hydrogens is 412 g/mol.